The quantitative estimate of drug-likeness (QED) is 0.710. The Morgan fingerprint density at radius 3 is 2.36 bits per heavy atom. The van der Waals surface area contributed by atoms with Gasteiger partial charge in [0.05, 0.1) is 0 Å². The van der Waals surface area contributed by atoms with Crippen molar-refractivity contribution < 1.29 is 5.11 Å². The zero-order chi connectivity index (χ0) is 11.0. The van der Waals surface area contributed by atoms with E-state index in [0.29, 0.717) is 0 Å². The van der Waals surface area contributed by atoms with Gasteiger partial charge in [0.25, 0.3) is 0 Å². The molecule has 0 bridgehead atoms. The van der Waals surface area contributed by atoms with Crippen molar-refractivity contribution in [2.45, 2.75) is 13.8 Å². The van der Waals surface area contributed by atoms with E-state index in [-0.39, 0.29) is 0 Å². The Labute approximate surface area is 86.4 Å². The van der Waals surface area contributed by atoms with Gasteiger partial charge in [0.15, 0.2) is 0 Å². The first-order valence-electron chi connectivity index (χ1n) is 4.55. The molecule has 1 aromatic rings. The molecule has 0 radical (unpaired) electrons. The maximum Gasteiger partial charge on any atom is 0.0319 e. The molecule has 1 N–H and O–H groups in total. The molecule has 1 aromatic carbocycles. The molecular formula is C13H18O. The summed E-state index contributed by atoms with van der Waals surface area (Å²) in [7, 11) is 1.00. The molecule has 0 unspecified atom stereocenters. The molecule has 0 aliphatic heterocycles. The van der Waals surface area contributed by atoms with Crippen LogP contribution in [0, 0.1) is 6.92 Å². The summed E-state index contributed by atoms with van der Waals surface area (Å²) in [5.74, 6) is 0. The van der Waals surface area contributed by atoms with Gasteiger partial charge >= 0.3 is 0 Å². The van der Waals surface area contributed by atoms with Gasteiger partial charge in [-0.3, -0.25) is 0 Å². The fraction of sp³-hybridized carbons (Fsp3) is 0.231. The van der Waals surface area contributed by atoms with Crippen LogP contribution in [0.2, 0.25) is 0 Å². The summed E-state index contributed by atoms with van der Waals surface area (Å²) in [4.78, 5) is 0. The fourth-order valence-corrected chi connectivity index (χ4v) is 1.05. The second kappa shape index (κ2) is 7.10. The van der Waals surface area contributed by atoms with E-state index >= 15 is 0 Å². The average Bonchev–Trinajstić information content (AvgIpc) is 2.24. The van der Waals surface area contributed by atoms with Gasteiger partial charge < -0.3 is 5.11 Å². The minimum Gasteiger partial charge on any atom is -0.400 e. The molecule has 0 amide bonds. The molecular weight excluding hydrogens is 172 g/mol. The van der Waals surface area contributed by atoms with Crippen LogP contribution >= 0.6 is 0 Å². The monoisotopic (exact) mass is 190 g/mol. The summed E-state index contributed by atoms with van der Waals surface area (Å²) in [6.07, 6.45) is 4.01. The summed E-state index contributed by atoms with van der Waals surface area (Å²) in [6, 6.07) is 8.33. The van der Waals surface area contributed by atoms with Gasteiger partial charge in [0.1, 0.15) is 0 Å². The van der Waals surface area contributed by atoms with E-state index in [1.807, 2.05) is 6.08 Å². The summed E-state index contributed by atoms with van der Waals surface area (Å²) < 4.78 is 0. The van der Waals surface area contributed by atoms with Gasteiger partial charge in [-0.05, 0) is 25.0 Å². The van der Waals surface area contributed by atoms with Crippen molar-refractivity contribution in [2.24, 2.45) is 0 Å². The minimum absolute atomic E-state index is 1.00. The predicted octanol–water partition coefficient (Wildman–Crippen LogP) is 3.19. The molecule has 1 heteroatoms. The molecule has 1 rings (SSSR count). The average molecular weight is 190 g/mol. The van der Waals surface area contributed by atoms with Gasteiger partial charge in [0, 0.05) is 7.11 Å². The van der Waals surface area contributed by atoms with Crippen molar-refractivity contribution in [3.63, 3.8) is 0 Å². The van der Waals surface area contributed by atoms with E-state index in [4.69, 9.17) is 5.11 Å². The third-order valence-electron chi connectivity index (χ3n) is 1.89. The molecule has 0 saturated heterocycles. The third-order valence-corrected chi connectivity index (χ3v) is 1.89. The van der Waals surface area contributed by atoms with Crippen LogP contribution in [-0.2, 0) is 0 Å². The first kappa shape index (κ1) is 12.7. The van der Waals surface area contributed by atoms with Crippen LogP contribution in [0.4, 0.5) is 0 Å². The number of aryl methyl sites for hydroxylation is 1. The Kier molecular flexibility index (Phi) is 6.42. The highest BCUT2D eigenvalue weighted by Gasteiger charge is 1.91. The predicted molar refractivity (Wildman–Crippen MR) is 63.2 cm³/mol. The van der Waals surface area contributed by atoms with Crippen molar-refractivity contribution in [1.82, 2.24) is 0 Å². The molecule has 0 aliphatic rings. The molecule has 0 aromatic heterocycles. The van der Waals surface area contributed by atoms with Crippen LogP contribution in [0.5, 0.6) is 0 Å². The van der Waals surface area contributed by atoms with Crippen molar-refractivity contribution in [3.05, 3.63) is 53.6 Å². The maximum atomic E-state index is 7.00. The lowest BCUT2D eigenvalue weighted by atomic mass is 10.1. The minimum atomic E-state index is 1.00. The largest absolute Gasteiger partial charge is 0.400 e. The van der Waals surface area contributed by atoms with E-state index in [9.17, 15) is 0 Å². The van der Waals surface area contributed by atoms with Crippen LogP contribution in [0.15, 0.2) is 42.5 Å². The Morgan fingerprint density at radius 1 is 1.29 bits per heavy atom. The molecule has 0 fully saturated rings. The van der Waals surface area contributed by atoms with Crippen LogP contribution in [0.3, 0.4) is 0 Å². The molecule has 1 nitrogen and oxygen atoms in total. The fourth-order valence-electron chi connectivity index (χ4n) is 1.05. The SMILES string of the molecule is C=C/C(C)=C\c1ccccc1C.CO. The highest BCUT2D eigenvalue weighted by Crippen LogP contribution is 2.11. The topological polar surface area (TPSA) is 20.2 Å². The molecule has 0 aliphatic carbocycles. The Balaban J connectivity index is 0.000000791. The highest BCUT2D eigenvalue weighted by molar-refractivity contribution is 5.57. The first-order valence-corrected chi connectivity index (χ1v) is 4.55. The van der Waals surface area contributed by atoms with Gasteiger partial charge in [0.2, 0.25) is 0 Å². The summed E-state index contributed by atoms with van der Waals surface area (Å²) >= 11 is 0. The lowest BCUT2D eigenvalue weighted by molar-refractivity contribution is 0.399. The van der Waals surface area contributed by atoms with Crippen molar-refractivity contribution >= 4 is 6.08 Å². The number of rotatable bonds is 2. The van der Waals surface area contributed by atoms with Crippen molar-refractivity contribution in [2.75, 3.05) is 7.11 Å². The highest BCUT2D eigenvalue weighted by atomic mass is 16.2. The van der Waals surface area contributed by atoms with Gasteiger partial charge in [-0.2, -0.15) is 0 Å². The second-order valence-corrected chi connectivity index (χ2v) is 2.95. The summed E-state index contributed by atoms with van der Waals surface area (Å²) in [5, 5.41) is 7.00. The van der Waals surface area contributed by atoms with Gasteiger partial charge in [-0.15, -0.1) is 0 Å². The van der Waals surface area contributed by atoms with E-state index in [1.165, 1.54) is 16.7 Å². The lowest BCUT2D eigenvalue weighted by Crippen LogP contribution is -1.79. The second-order valence-electron chi connectivity index (χ2n) is 2.95. The Bertz CT molecular complexity index is 311. The number of aliphatic hydroxyl groups excluding tert-OH is 1. The van der Waals surface area contributed by atoms with E-state index in [1.54, 1.807) is 0 Å². The van der Waals surface area contributed by atoms with E-state index in [2.05, 4.69) is 50.8 Å². The number of aliphatic hydroxyl groups is 1. The summed E-state index contributed by atoms with van der Waals surface area (Å²) in [5.41, 5.74) is 3.78. The molecule has 0 spiro atoms. The number of hydrogen-bond acceptors (Lipinski definition) is 1. The van der Waals surface area contributed by atoms with Crippen LogP contribution in [0.1, 0.15) is 18.1 Å². The third kappa shape index (κ3) is 4.06. The van der Waals surface area contributed by atoms with E-state index < -0.39 is 0 Å². The number of benzene rings is 1. The maximum absolute atomic E-state index is 7.00. The molecule has 14 heavy (non-hydrogen) atoms. The van der Waals surface area contributed by atoms with Gasteiger partial charge in [-0.1, -0.05) is 48.6 Å². The number of allylic oxidation sites excluding steroid dienone is 2. The van der Waals surface area contributed by atoms with Crippen LogP contribution < -0.4 is 0 Å². The zero-order valence-electron chi connectivity index (χ0n) is 9.12. The molecule has 0 saturated carbocycles. The zero-order valence-corrected chi connectivity index (χ0v) is 9.12. The number of hydrogen-bond donors (Lipinski definition) is 1. The van der Waals surface area contributed by atoms with Crippen molar-refractivity contribution in [1.29, 1.82) is 0 Å². The summed E-state index contributed by atoms with van der Waals surface area (Å²) in [6.45, 7) is 7.89. The molecule has 76 valence electrons. The lowest BCUT2D eigenvalue weighted by Gasteiger charge is -1.99. The van der Waals surface area contributed by atoms with Gasteiger partial charge in [-0.25, -0.2) is 0 Å². The standard InChI is InChI=1S/C12H14.CH4O/c1-4-10(2)9-12-8-6-5-7-11(12)3;1-2/h4-9H,1H2,2-3H3;2H,1H3/b10-9-;. The normalized spacial score (nSPS) is 10.1. The smallest absolute Gasteiger partial charge is 0.0319 e. The molecule has 0 atom stereocenters. The van der Waals surface area contributed by atoms with Crippen molar-refractivity contribution in [3.8, 4) is 0 Å². The van der Waals surface area contributed by atoms with Crippen LogP contribution in [-0.4, -0.2) is 12.2 Å². The van der Waals surface area contributed by atoms with E-state index in [0.717, 1.165) is 7.11 Å². The van der Waals surface area contributed by atoms with Crippen LogP contribution in [0.25, 0.3) is 6.08 Å². The molecule has 0 heterocycles. The Morgan fingerprint density at radius 2 is 1.86 bits per heavy atom. The Hall–Kier alpha value is -1.34. The first-order chi connectivity index (χ1) is 6.74.